The second-order valence-corrected chi connectivity index (χ2v) is 4.83. The molecular formula is C12H19N3O3. The SMILES string of the molecule is CCOC(=O)c1nnn(CC2(O)CCCC2)c1C. The number of ether oxygens (including phenoxy) is 1. The fraction of sp³-hybridized carbons (Fsp3) is 0.750. The summed E-state index contributed by atoms with van der Waals surface area (Å²) in [6, 6.07) is 0. The second kappa shape index (κ2) is 5.06. The van der Waals surface area contributed by atoms with Crippen molar-refractivity contribution in [1.82, 2.24) is 15.0 Å². The van der Waals surface area contributed by atoms with E-state index in [1.807, 2.05) is 0 Å². The molecule has 0 aliphatic heterocycles. The van der Waals surface area contributed by atoms with E-state index in [4.69, 9.17) is 4.74 Å². The van der Waals surface area contributed by atoms with Gasteiger partial charge in [-0.2, -0.15) is 0 Å². The topological polar surface area (TPSA) is 77.2 Å². The Kier molecular flexibility index (Phi) is 3.65. The van der Waals surface area contributed by atoms with Crippen LogP contribution in [0, 0.1) is 6.92 Å². The molecule has 2 rings (SSSR count). The minimum atomic E-state index is -0.704. The molecule has 0 radical (unpaired) electrons. The average Bonchev–Trinajstić information content (AvgIpc) is 2.88. The summed E-state index contributed by atoms with van der Waals surface area (Å²) < 4.78 is 6.49. The molecule has 100 valence electrons. The van der Waals surface area contributed by atoms with Gasteiger partial charge in [-0.05, 0) is 26.7 Å². The summed E-state index contributed by atoms with van der Waals surface area (Å²) in [4.78, 5) is 11.6. The molecule has 0 bridgehead atoms. The number of hydrogen-bond donors (Lipinski definition) is 1. The Balaban J connectivity index is 2.13. The molecule has 0 amide bonds. The zero-order valence-corrected chi connectivity index (χ0v) is 10.8. The summed E-state index contributed by atoms with van der Waals surface area (Å²) in [5, 5.41) is 18.1. The number of rotatable bonds is 4. The van der Waals surface area contributed by atoms with E-state index < -0.39 is 11.6 Å². The van der Waals surface area contributed by atoms with Crippen LogP contribution in [0.4, 0.5) is 0 Å². The second-order valence-electron chi connectivity index (χ2n) is 4.83. The van der Waals surface area contributed by atoms with E-state index in [-0.39, 0.29) is 5.69 Å². The highest BCUT2D eigenvalue weighted by atomic mass is 16.5. The van der Waals surface area contributed by atoms with Crippen LogP contribution in [0.15, 0.2) is 0 Å². The predicted molar refractivity (Wildman–Crippen MR) is 64.1 cm³/mol. The van der Waals surface area contributed by atoms with Crippen molar-refractivity contribution in [2.45, 2.75) is 51.7 Å². The van der Waals surface area contributed by atoms with Crippen molar-refractivity contribution in [2.24, 2.45) is 0 Å². The van der Waals surface area contributed by atoms with Gasteiger partial charge in [-0.15, -0.1) is 5.10 Å². The lowest BCUT2D eigenvalue weighted by molar-refractivity contribution is 0.0253. The van der Waals surface area contributed by atoms with Crippen molar-refractivity contribution in [1.29, 1.82) is 0 Å². The first kappa shape index (κ1) is 13.0. The van der Waals surface area contributed by atoms with Gasteiger partial charge < -0.3 is 9.84 Å². The van der Waals surface area contributed by atoms with Crippen LogP contribution in [-0.4, -0.2) is 38.3 Å². The van der Waals surface area contributed by atoms with Crippen LogP contribution in [0.1, 0.15) is 48.8 Å². The van der Waals surface area contributed by atoms with E-state index in [9.17, 15) is 9.90 Å². The molecule has 0 unspecified atom stereocenters. The van der Waals surface area contributed by atoms with E-state index >= 15 is 0 Å². The summed E-state index contributed by atoms with van der Waals surface area (Å²) in [6.45, 7) is 4.23. The maximum atomic E-state index is 11.6. The van der Waals surface area contributed by atoms with Gasteiger partial charge in [0, 0.05) is 0 Å². The zero-order chi connectivity index (χ0) is 13.2. The standard InChI is InChI=1S/C12H19N3O3/c1-3-18-11(16)10-9(2)15(14-13-10)8-12(17)6-4-5-7-12/h17H,3-8H2,1-2H3. The summed E-state index contributed by atoms with van der Waals surface area (Å²) in [5.74, 6) is -0.459. The molecule has 0 aromatic carbocycles. The quantitative estimate of drug-likeness (QED) is 0.812. The van der Waals surface area contributed by atoms with Gasteiger partial charge in [0.15, 0.2) is 5.69 Å². The lowest BCUT2D eigenvalue weighted by Gasteiger charge is -2.22. The van der Waals surface area contributed by atoms with E-state index in [2.05, 4.69) is 10.3 Å². The Morgan fingerprint density at radius 2 is 2.17 bits per heavy atom. The molecule has 6 heteroatoms. The Morgan fingerprint density at radius 1 is 1.50 bits per heavy atom. The monoisotopic (exact) mass is 253 g/mol. The first-order chi connectivity index (χ1) is 8.56. The van der Waals surface area contributed by atoms with Gasteiger partial charge in [-0.25, -0.2) is 9.48 Å². The summed E-state index contributed by atoms with van der Waals surface area (Å²) in [5.41, 5.74) is 0.178. The number of aromatic nitrogens is 3. The van der Waals surface area contributed by atoms with E-state index in [1.54, 1.807) is 18.5 Å². The highest BCUT2D eigenvalue weighted by Crippen LogP contribution is 2.31. The molecule has 1 aliphatic carbocycles. The van der Waals surface area contributed by atoms with Crippen molar-refractivity contribution >= 4 is 5.97 Å². The number of carbonyl (C=O) groups excluding carboxylic acids is 1. The summed E-state index contributed by atoms with van der Waals surface area (Å²) in [6.07, 6.45) is 3.63. The van der Waals surface area contributed by atoms with Crippen LogP contribution in [-0.2, 0) is 11.3 Å². The summed E-state index contributed by atoms with van der Waals surface area (Å²) in [7, 11) is 0. The largest absolute Gasteiger partial charge is 0.461 e. The van der Waals surface area contributed by atoms with Crippen molar-refractivity contribution in [2.75, 3.05) is 6.61 Å². The molecule has 18 heavy (non-hydrogen) atoms. The van der Waals surface area contributed by atoms with E-state index in [0.717, 1.165) is 25.7 Å². The van der Waals surface area contributed by atoms with Gasteiger partial charge in [0.25, 0.3) is 0 Å². The molecule has 1 aromatic heterocycles. The van der Waals surface area contributed by atoms with Gasteiger partial charge in [-0.3, -0.25) is 0 Å². The molecule has 1 aliphatic rings. The van der Waals surface area contributed by atoms with Gasteiger partial charge >= 0.3 is 5.97 Å². The smallest absolute Gasteiger partial charge is 0.360 e. The Labute approximate surface area is 106 Å². The van der Waals surface area contributed by atoms with E-state index in [0.29, 0.717) is 18.8 Å². The molecule has 1 heterocycles. The number of carbonyl (C=O) groups is 1. The Hall–Kier alpha value is -1.43. The molecule has 1 saturated carbocycles. The van der Waals surface area contributed by atoms with Gasteiger partial charge in [-0.1, -0.05) is 18.1 Å². The molecule has 1 N–H and O–H groups in total. The summed E-state index contributed by atoms with van der Waals surface area (Å²) >= 11 is 0. The fourth-order valence-corrected chi connectivity index (χ4v) is 2.37. The molecule has 6 nitrogen and oxygen atoms in total. The highest BCUT2D eigenvalue weighted by molar-refractivity contribution is 5.88. The van der Waals surface area contributed by atoms with Crippen molar-refractivity contribution in [3.63, 3.8) is 0 Å². The maximum Gasteiger partial charge on any atom is 0.360 e. The number of nitrogens with zero attached hydrogens (tertiary/aromatic N) is 3. The van der Waals surface area contributed by atoms with Crippen LogP contribution in [0.25, 0.3) is 0 Å². The third-order valence-electron chi connectivity index (χ3n) is 3.43. The van der Waals surface area contributed by atoms with Crippen molar-refractivity contribution in [3.8, 4) is 0 Å². The van der Waals surface area contributed by atoms with Crippen LogP contribution < -0.4 is 0 Å². The Morgan fingerprint density at radius 3 is 2.78 bits per heavy atom. The van der Waals surface area contributed by atoms with Crippen molar-refractivity contribution in [3.05, 3.63) is 11.4 Å². The zero-order valence-electron chi connectivity index (χ0n) is 10.8. The van der Waals surface area contributed by atoms with Crippen LogP contribution in [0.2, 0.25) is 0 Å². The molecular weight excluding hydrogens is 234 g/mol. The third-order valence-corrected chi connectivity index (χ3v) is 3.43. The van der Waals surface area contributed by atoms with Gasteiger partial charge in [0.1, 0.15) is 0 Å². The molecule has 1 aromatic rings. The molecule has 0 atom stereocenters. The van der Waals surface area contributed by atoms with Gasteiger partial charge in [0.2, 0.25) is 0 Å². The van der Waals surface area contributed by atoms with Crippen LogP contribution >= 0.6 is 0 Å². The maximum absolute atomic E-state index is 11.6. The minimum Gasteiger partial charge on any atom is -0.461 e. The number of aliphatic hydroxyl groups is 1. The lowest BCUT2D eigenvalue weighted by Crippen LogP contribution is -2.31. The first-order valence-electron chi connectivity index (χ1n) is 6.35. The fourth-order valence-electron chi connectivity index (χ4n) is 2.37. The minimum absolute atomic E-state index is 0.235. The Bertz CT molecular complexity index is 436. The van der Waals surface area contributed by atoms with Gasteiger partial charge in [0.05, 0.1) is 24.4 Å². The molecule has 0 saturated heterocycles. The normalized spacial score (nSPS) is 17.9. The van der Waals surface area contributed by atoms with Crippen LogP contribution in [0.5, 0.6) is 0 Å². The average molecular weight is 253 g/mol. The highest BCUT2D eigenvalue weighted by Gasteiger charge is 2.33. The van der Waals surface area contributed by atoms with Crippen LogP contribution in [0.3, 0.4) is 0 Å². The number of esters is 1. The third kappa shape index (κ3) is 2.53. The number of hydrogen-bond acceptors (Lipinski definition) is 5. The first-order valence-corrected chi connectivity index (χ1v) is 6.35. The molecule has 1 fully saturated rings. The van der Waals surface area contributed by atoms with Crippen molar-refractivity contribution < 1.29 is 14.6 Å². The van der Waals surface area contributed by atoms with E-state index in [1.165, 1.54) is 0 Å². The molecule has 0 spiro atoms. The predicted octanol–water partition coefficient (Wildman–Crippen LogP) is 1.07. The lowest BCUT2D eigenvalue weighted by atomic mass is 10.0.